The Balaban J connectivity index is 0.000000214. The van der Waals surface area contributed by atoms with Crippen LogP contribution >= 0.6 is 0 Å². The van der Waals surface area contributed by atoms with Gasteiger partial charge < -0.3 is 29.8 Å². The Bertz CT molecular complexity index is 838. The fourth-order valence-electron chi connectivity index (χ4n) is 3.16. The SMILES string of the molecule is Cc1[c-][nH]c2ccccc12.[C-]1=C2CCC2c2ccccc21.[Cl-].[Cl-].[Ti+4]. The Labute approximate surface area is 170 Å². The molecule has 1 nitrogen and oxygen atoms in total. The summed E-state index contributed by atoms with van der Waals surface area (Å²) in [7, 11) is 0. The van der Waals surface area contributed by atoms with Gasteiger partial charge in [-0.15, -0.1) is 47.1 Å². The minimum absolute atomic E-state index is 0. The Morgan fingerprint density at radius 2 is 1.71 bits per heavy atom. The van der Waals surface area contributed by atoms with Crippen molar-refractivity contribution in [3.8, 4) is 0 Å². The maximum Gasteiger partial charge on any atom is 4.00 e. The fraction of sp³-hybridized carbons (Fsp3) is 0.200. The van der Waals surface area contributed by atoms with Crippen LogP contribution in [0.5, 0.6) is 0 Å². The van der Waals surface area contributed by atoms with Crippen LogP contribution in [0.15, 0.2) is 54.1 Å². The van der Waals surface area contributed by atoms with Gasteiger partial charge in [-0.2, -0.15) is 28.7 Å². The van der Waals surface area contributed by atoms with Gasteiger partial charge in [0.2, 0.25) is 0 Å². The summed E-state index contributed by atoms with van der Waals surface area (Å²) >= 11 is 0. The fourth-order valence-corrected chi connectivity index (χ4v) is 3.16. The van der Waals surface area contributed by atoms with Crippen molar-refractivity contribution in [3.63, 3.8) is 0 Å². The van der Waals surface area contributed by atoms with E-state index in [-0.39, 0.29) is 46.5 Å². The van der Waals surface area contributed by atoms with Crippen LogP contribution in [0, 0.1) is 19.2 Å². The molecule has 0 saturated heterocycles. The summed E-state index contributed by atoms with van der Waals surface area (Å²) < 4.78 is 0. The monoisotopic (exact) mass is 389 g/mol. The average Bonchev–Trinajstić information content (AvgIpc) is 2.99. The first-order chi connectivity index (χ1) is 10.3. The molecule has 5 rings (SSSR count). The van der Waals surface area contributed by atoms with Crippen LogP contribution in [-0.2, 0) is 21.7 Å². The molecule has 4 heteroatoms. The zero-order chi connectivity index (χ0) is 14.2. The number of halogens is 2. The number of aryl methyl sites for hydroxylation is 1. The molecular formula is C20H17Cl2NTi. The molecule has 1 saturated carbocycles. The summed E-state index contributed by atoms with van der Waals surface area (Å²) in [6, 6.07) is 16.8. The van der Waals surface area contributed by atoms with Gasteiger partial charge in [-0.05, 0) is 6.42 Å². The number of aromatic nitrogens is 1. The van der Waals surface area contributed by atoms with Crippen LogP contribution in [-0.4, -0.2) is 4.98 Å². The maximum absolute atomic E-state index is 3.45. The van der Waals surface area contributed by atoms with Crippen LogP contribution < -0.4 is 24.8 Å². The van der Waals surface area contributed by atoms with Crippen molar-refractivity contribution in [3.05, 3.63) is 83.1 Å². The molecule has 120 valence electrons. The third-order valence-electron chi connectivity index (χ3n) is 4.47. The second kappa shape index (κ2) is 8.92. The number of H-pyrrole nitrogens is 1. The Kier molecular flexibility index (Phi) is 7.83. The van der Waals surface area contributed by atoms with E-state index in [9.17, 15) is 0 Å². The molecular weight excluding hydrogens is 373 g/mol. The summed E-state index contributed by atoms with van der Waals surface area (Å²) in [5.41, 5.74) is 6.74. The number of rotatable bonds is 0. The molecule has 0 spiro atoms. The van der Waals surface area contributed by atoms with Crippen molar-refractivity contribution >= 4 is 10.9 Å². The third-order valence-corrected chi connectivity index (χ3v) is 4.47. The summed E-state index contributed by atoms with van der Waals surface area (Å²) in [4.78, 5) is 3.06. The van der Waals surface area contributed by atoms with Gasteiger partial charge in [-0.1, -0.05) is 37.5 Å². The average molecular weight is 390 g/mol. The summed E-state index contributed by atoms with van der Waals surface area (Å²) in [5, 5.41) is 1.27. The number of aromatic amines is 1. The topological polar surface area (TPSA) is 15.8 Å². The van der Waals surface area contributed by atoms with Crippen LogP contribution in [0.4, 0.5) is 0 Å². The summed E-state index contributed by atoms with van der Waals surface area (Å²) in [6.45, 7) is 2.05. The number of nitrogens with one attached hydrogen (secondary N) is 1. The molecule has 0 radical (unpaired) electrons. The molecule has 1 fully saturated rings. The smallest absolute Gasteiger partial charge is 1.00 e. The predicted molar refractivity (Wildman–Crippen MR) is 86.1 cm³/mol. The molecule has 1 unspecified atom stereocenters. The van der Waals surface area contributed by atoms with Crippen LogP contribution in [0.1, 0.15) is 35.4 Å². The molecule has 2 aliphatic carbocycles. The predicted octanol–water partition coefficient (Wildman–Crippen LogP) is -1.06. The van der Waals surface area contributed by atoms with Gasteiger partial charge in [0.15, 0.2) is 0 Å². The van der Waals surface area contributed by atoms with Crippen molar-refractivity contribution in [1.29, 1.82) is 0 Å². The van der Waals surface area contributed by atoms with E-state index in [1.165, 1.54) is 46.0 Å². The molecule has 1 aromatic heterocycles. The molecule has 2 aliphatic rings. The second-order valence-electron chi connectivity index (χ2n) is 5.75. The van der Waals surface area contributed by atoms with E-state index in [0.717, 1.165) is 5.92 Å². The molecule has 1 atom stereocenters. The standard InChI is InChI=1S/C11H9.C9H8N.2ClH.Ti/c1-2-4-10-8(3-1)7-9-5-6-11(9)10;1-7-6-10-9-5-3-2-4-8(7)9;;;/h1-4,11H,5-6H2;2-5,10H,1H3;2*1H;/q2*-1;;;+4/p-2. The largest absolute Gasteiger partial charge is 4.00 e. The molecule has 0 amide bonds. The second-order valence-corrected chi connectivity index (χ2v) is 5.75. The van der Waals surface area contributed by atoms with Gasteiger partial charge in [0.05, 0.1) is 0 Å². The van der Waals surface area contributed by atoms with E-state index in [1.54, 1.807) is 0 Å². The van der Waals surface area contributed by atoms with Gasteiger partial charge in [0.25, 0.3) is 0 Å². The van der Waals surface area contributed by atoms with Gasteiger partial charge >= 0.3 is 21.7 Å². The van der Waals surface area contributed by atoms with E-state index in [2.05, 4.69) is 60.6 Å². The number of fused-ring (bicyclic) bond motifs is 4. The first kappa shape index (κ1) is 21.1. The Morgan fingerprint density at radius 1 is 1.00 bits per heavy atom. The zero-order valence-corrected chi connectivity index (χ0v) is 16.4. The molecule has 1 heterocycles. The normalized spacial score (nSPS) is 15.9. The van der Waals surface area contributed by atoms with E-state index in [4.69, 9.17) is 0 Å². The summed E-state index contributed by atoms with van der Waals surface area (Å²) in [5.74, 6) is 0.756. The maximum atomic E-state index is 3.45. The molecule has 0 aliphatic heterocycles. The minimum atomic E-state index is 0. The Hall–Kier alpha value is -0.986. The van der Waals surface area contributed by atoms with E-state index in [0.29, 0.717) is 0 Å². The Morgan fingerprint density at radius 3 is 2.42 bits per heavy atom. The van der Waals surface area contributed by atoms with Crippen molar-refractivity contribution in [1.82, 2.24) is 4.98 Å². The van der Waals surface area contributed by atoms with Crippen molar-refractivity contribution in [2.45, 2.75) is 25.7 Å². The van der Waals surface area contributed by atoms with Crippen molar-refractivity contribution in [2.75, 3.05) is 0 Å². The molecule has 24 heavy (non-hydrogen) atoms. The van der Waals surface area contributed by atoms with E-state index < -0.39 is 0 Å². The van der Waals surface area contributed by atoms with Crippen molar-refractivity contribution < 1.29 is 46.5 Å². The number of allylic oxidation sites excluding steroid dienone is 1. The molecule has 2 aromatic carbocycles. The number of hydrogen-bond acceptors (Lipinski definition) is 0. The summed E-state index contributed by atoms with van der Waals surface area (Å²) in [6.07, 6.45) is 9.13. The van der Waals surface area contributed by atoms with Gasteiger partial charge in [-0.25, -0.2) is 0 Å². The molecule has 0 bridgehead atoms. The zero-order valence-electron chi connectivity index (χ0n) is 13.4. The molecule has 1 N–H and O–H groups in total. The number of benzene rings is 2. The molecule has 3 aromatic rings. The van der Waals surface area contributed by atoms with Crippen LogP contribution in [0.25, 0.3) is 10.9 Å². The minimum Gasteiger partial charge on any atom is -1.00 e. The van der Waals surface area contributed by atoms with Gasteiger partial charge in [-0.3, -0.25) is 0 Å². The quantitative estimate of drug-likeness (QED) is 0.372. The first-order valence-corrected chi connectivity index (χ1v) is 7.49. The van der Waals surface area contributed by atoms with Crippen LogP contribution in [0.3, 0.4) is 0 Å². The number of para-hydroxylation sites is 1. The third kappa shape index (κ3) is 3.81. The van der Waals surface area contributed by atoms with E-state index in [1.807, 2.05) is 12.1 Å². The van der Waals surface area contributed by atoms with Gasteiger partial charge in [0.1, 0.15) is 0 Å². The number of hydrogen-bond donors (Lipinski definition) is 1. The first-order valence-electron chi connectivity index (χ1n) is 7.49. The van der Waals surface area contributed by atoms with Gasteiger partial charge in [0, 0.05) is 0 Å². The van der Waals surface area contributed by atoms with Crippen LogP contribution in [0.2, 0.25) is 0 Å². The van der Waals surface area contributed by atoms with E-state index >= 15 is 0 Å². The van der Waals surface area contributed by atoms with Crippen molar-refractivity contribution in [2.24, 2.45) is 0 Å².